The van der Waals surface area contributed by atoms with Gasteiger partial charge in [-0.05, 0) is 9.91 Å². The second-order valence-electron chi connectivity index (χ2n) is 3.26. The molecular formula is C9H8F2N2O4. The van der Waals surface area contributed by atoms with Gasteiger partial charge < -0.3 is 15.2 Å². The number of aromatic nitrogens is 1. The van der Waals surface area contributed by atoms with Crippen LogP contribution in [0.4, 0.5) is 14.6 Å². The SMILES string of the molecule is Cc1nc([N+](=O)[O-])cc(C(F)F)c1CC(=O)O. The molecule has 0 bridgehead atoms. The van der Waals surface area contributed by atoms with E-state index in [2.05, 4.69) is 4.98 Å². The average molecular weight is 246 g/mol. The summed E-state index contributed by atoms with van der Waals surface area (Å²) >= 11 is 0. The first-order valence-corrected chi connectivity index (χ1v) is 4.47. The summed E-state index contributed by atoms with van der Waals surface area (Å²) in [5, 5.41) is 19.0. The van der Waals surface area contributed by atoms with Crippen LogP contribution >= 0.6 is 0 Å². The molecule has 0 aliphatic rings. The van der Waals surface area contributed by atoms with Crippen LogP contribution in [-0.4, -0.2) is 21.0 Å². The van der Waals surface area contributed by atoms with Gasteiger partial charge in [0.05, 0.1) is 6.42 Å². The minimum atomic E-state index is -2.98. The van der Waals surface area contributed by atoms with Crippen molar-refractivity contribution in [2.75, 3.05) is 0 Å². The van der Waals surface area contributed by atoms with Crippen molar-refractivity contribution in [2.45, 2.75) is 19.8 Å². The summed E-state index contributed by atoms with van der Waals surface area (Å²) in [6.45, 7) is 1.26. The van der Waals surface area contributed by atoms with Crippen LogP contribution in [0.2, 0.25) is 0 Å². The van der Waals surface area contributed by atoms with Crippen molar-refractivity contribution in [3.63, 3.8) is 0 Å². The Hall–Kier alpha value is -2.12. The summed E-state index contributed by atoms with van der Waals surface area (Å²) in [5.41, 5.74) is -0.915. The largest absolute Gasteiger partial charge is 0.481 e. The third-order valence-corrected chi connectivity index (χ3v) is 2.10. The summed E-state index contributed by atoms with van der Waals surface area (Å²) in [7, 11) is 0. The van der Waals surface area contributed by atoms with Gasteiger partial charge in [0.2, 0.25) is 0 Å². The number of alkyl halides is 2. The number of carboxylic acid groups (broad SMARTS) is 1. The van der Waals surface area contributed by atoms with Crippen LogP contribution in [0, 0.1) is 17.0 Å². The fourth-order valence-electron chi connectivity index (χ4n) is 1.38. The van der Waals surface area contributed by atoms with Crippen LogP contribution < -0.4 is 0 Å². The molecule has 8 heteroatoms. The Morgan fingerprint density at radius 1 is 1.65 bits per heavy atom. The predicted octanol–water partition coefficient (Wildman–Crippen LogP) is 1.86. The van der Waals surface area contributed by atoms with Crippen molar-refractivity contribution in [2.24, 2.45) is 0 Å². The Balaban J connectivity index is 3.38. The molecule has 0 fully saturated rings. The molecule has 92 valence electrons. The van der Waals surface area contributed by atoms with Crippen molar-refractivity contribution in [1.82, 2.24) is 4.98 Å². The van der Waals surface area contributed by atoms with Gasteiger partial charge in [-0.15, -0.1) is 0 Å². The standard InChI is InChI=1S/C9H8F2N2O4/c1-4-5(3-8(14)15)6(9(10)11)2-7(12-4)13(16)17/h2,9H,3H2,1H3,(H,14,15). The van der Waals surface area contributed by atoms with Crippen molar-refractivity contribution < 1.29 is 23.6 Å². The first-order valence-electron chi connectivity index (χ1n) is 4.47. The maximum atomic E-state index is 12.7. The molecule has 6 nitrogen and oxygen atoms in total. The third kappa shape index (κ3) is 2.92. The molecule has 1 aromatic rings. The molecular weight excluding hydrogens is 238 g/mol. The van der Waals surface area contributed by atoms with E-state index < -0.39 is 35.1 Å². The van der Waals surface area contributed by atoms with E-state index in [0.717, 1.165) is 0 Å². The quantitative estimate of drug-likeness (QED) is 0.646. The number of aliphatic carboxylic acids is 1. The normalized spacial score (nSPS) is 10.6. The molecule has 17 heavy (non-hydrogen) atoms. The maximum absolute atomic E-state index is 12.7. The molecule has 0 aromatic carbocycles. The highest BCUT2D eigenvalue weighted by atomic mass is 19.3. The Morgan fingerprint density at radius 3 is 2.65 bits per heavy atom. The van der Waals surface area contributed by atoms with E-state index in [9.17, 15) is 23.7 Å². The van der Waals surface area contributed by atoms with Crippen LogP contribution in [0.25, 0.3) is 0 Å². The number of pyridine rings is 1. The van der Waals surface area contributed by atoms with E-state index in [0.29, 0.717) is 6.07 Å². The second kappa shape index (κ2) is 4.81. The number of rotatable bonds is 4. The Bertz CT molecular complexity index is 476. The number of carbonyl (C=O) groups is 1. The number of hydrogen-bond donors (Lipinski definition) is 1. The molecule has 0 unspecified atom stereocenters. The Kier molecular flexibility index (Phi) is 3.66. The van der Waals surface area contributed by atoms with Gasteiger partial charge in [-0.25, -0.2) is 8.78 Å². The summed E-state index contributed by atoms with van der Waals surface area (Å²) in [6, 6.07) is 0.607. The lowest BCUT2D eigenvalue weighted by atomic mass is 10.0. The van der Waals surface area contributed by atoms with Crippen LogP contribution in [0.3, 0.4) is 0 Å². The molecule has 0 atom stereocenters. The highest BCUT2D eigenvalue weighted by Crippen LogP contribution is 2.28. The molecule has 1 N–H and O–H groups in total. The van der Waals surface area contributed by atoms with Crippen LogP contribution in [0.5, 0.6) is 0 Å². The zero-order valence-electron chi connectivity index (χ0n) is 8.68. The fourth-order valence-corrected chi connectivity index (χ4v) is 1.38. The Morgan fingerprint density at radius 2 is 2.24 bits per heavy atom. The van der Waals surface area contributed by atoms with Gasteiger partial charge in [-0.1, -0.05) is 0 Å². The highest BCUT2D eigenvalue weighted by Gasteiger charge is 2.24. The molecule has 0 saturated carbocycles. The molecule has 1 rings (SSSR count). The summed E-state index contributed by atoms with van der Waals surface area (Å²) < 4.78 is 25.3. The van der Waals surface area contributed by atoms with E-state index in [1.807, 2.05) is 0 Å². The first kappa shape index (κ1) is 12.9. The molecule has 0 aliphatic heterocycles. The Labute approximate surface area is 94.1 Å². The van der Waals surface area contributed by atoms with E-state index in [4.69, 9.17) is 5.11 Å². The van der Waals surface area contributed by atoms with Gasteiger partial charge in [0.25, 0.3) is 6.43 Å². The number of nitro groups is 1. The van der Waals surface area contributed by atoms with E-state index in [1.165, 1.54) is 6.92 Å². The smallest absolute Gasteiger partial charge is 0.364 e. The lowest BCUT2D eigenvalue weighted by Gasteiger charge is -2.07. The summed E-state index contributed by atoms with van der Waals surface area (Å²) in [6.07, 6.45) is -3.62. The fraction of sp³-hybridized carbons (Fsp3) is 0.333. The van der Waals surface area contributed by atoms with Crippen molar-refractivity contribution in [1.29, 1.82) is 0 Å². The summed E-state index contributed by atoms with van der Waals surface area (Å²) in [5.74, 6) is -2.02. The van der Waals surface area contributed by atoms with Crippen molar-refractivity contribution in [3.05, 3.63) is 33.0 Å². The molecule has 1 aromatic heterocycles. The monoisotopic (exact) mass is 246 g/mol. The van der Waals surface area contributed by atoms with E-state index in [1.54, 1.807) is 0 Å². The van der Waals surface area contributed by atoms with Crippen LogP contribution in [0.15, 0.2) is 6.07 Å². The molecule has 0 radical (unpaired) electrons. The van der Waals surface area contributed by atoms with Crippen LogP contribution in [0.1, 0.15) is 23.2 Å². The van der Waals surface area contributed by atoms with Crippen LogP contribution in [-0.2, 0) is 11.2 Å². The molecule has 0 aliphatic carbocycles. The second-order valence-corrected chi connectivity index (χ2v) is 3.26. The van der Waals surface area contributed by atoms with Gasteiger partial charge in [-0.3, -0.25) is 4.79 Å². The van der Waals surface area contributed by atoms with E-state index >= 15 is 0 Å². The van der Waals surface area contributed by atoms with E-state index in [-0.39, 0.29) is 11.3 Å². The van der Waals surface area contributed by atoms with Crippen molar-refractivity contribution >= 4 is 11.8 Å². The lowest BCUT2D eigenvalue weighted by Crippen LogP contribution is -2.09. The molecule has 0 saturated heterocycles. The zero-order valence-corrected chi connectivity index (χ0v) is 8.68. The number of nitrogens with zero attached hydrogens (tertiary/aromatic N) is 2. The number of hydrogen-bond acceptors (Lipinski definition) is 4. The number of carboxylic acids is 1. The highest BCUT2D eigenvalue weighted by molar-refractivity contribution is 5.71. The topological polar surface area (TPSA) is 93.3 Å². The van der Waals surface area contributed by atoms with Gasteiger partial charge in [0.1, 0.15) is 0 Å². The van der Waals surface area contributed by atoms with Gasteiger partial charge in [0.15, 0.2) is 5.69 Å². The third-order valence-electron chi connectivity index (χ3n) is 2.10. The first-order chi connectivity index (χ1) is 7.82. The molecule has 0 spiro atoms. The zero-order chi connectivity index (χ0) is 13.2. The lowest BCUT2D eigenvalue weighted by molar-refractivity contribution is -0.389. The van der Waals surface area contributed by atoms with Crippen molar-refractivity contribution in [3.8, 4) is 0 Å². The van der Waals surface area contributed by atoms with Gasteiger partial charge in [-0.2, -0.15) is 0 Å². The predicted molar refractivity (Wildman–Crippen MR) is 51.9 cm³/mol. The minimum absolute atomic E-state index is 0.0723. The number of halogens is 2. The number of aryl methyl sites for hydroxylation is 1. The average Bonchev–Trinajstić information content (AvgIpc) is 2.19. The minimum Gasteiger partial charge on any atom is -0.481 e. The molecule has 0 amide bonds. The van der Waals surface area contributed by atoms with Gasteiger partial charge in [0, 0.05) is 24.1 Å². The van der Waals surface area contributed by atoms with Gasteiger partial charge >= 0.3 is 11.8 Å². The maximum Gasteiger partial charge on any atom is 0.364 e. The summed E-state index contributed by atoms with van der Waals surface area (Å²) in [4.78, 5) is 23.5. The molecule has 1 heterocycles.